The molecular formula is C5ClF9O2. The van der Waals surface area contributed by atoms with E-state index < -0.39 is 29.6 Å². The average molecular weight is 298 g/mol. The van der Waals surface area contributed by atoms with Crippen molar-refractivity contribution in [2.24, 2.45) is 0 Å². The summed E-state index contributed by atoms with van der Waals surface area (Å²) in [6.45, 7) is 0. The Hall–Kier alpha value is -0.710. The third-order valence-electron chi connectivity index (χ3n) is 1.22. The smallest absolute Gasteiger partial charge is 0.274 e. The second kappa shape index (κ2) is 4.19. The van der Waals surface area contributed by atoms with Gasteiger partial charge in [-0.3, -0.25) is 9.53 Å². The van der Waals surface area contributed by atoms with Gasteiger partial charge in [-0.15, -0.1) is 0 Å². The van der Waals surface area contributed by atoms with E-state index in [4.69, 9.17) is 0 Å². The first kappa shape index (κ1) is 16.3. The van der Waals surface area contributed by atoms with Crippen molar-refractivity contribution in [3.63, 3.8) is 0 Å². The molecule has 1 atom stereocenters. The standard InChI is InChI=1S/C5ClF9O2/c6-1(16)2(7,3(8,9)10)17-5(14,15)4(11,12)13. The van der Waals surface area contributed by atoms with Gasteiger partial charge in [-0.25, -0.2) is 0 Å². The molecule has 0 radical (unpaired) electrons. The Balaban J connectivity index is 5.39. The van der Waals surface area contributed by atoms with Crippen LogP contribution in [0.15, 0.2) is 0 Å². The van der Waals surface area contributed by atoms with Crippen molar-refractivity contribution in [2.45, 2.75) is 24.3 Å². The predicted molar refractivity (Wildman–Crippen MR) is 32.8 cm³/mol. The molecule has 0 fully saturated rings. The molecule has 17 heavy (non-hydrogen) atoms. The first-order chi connectivity index (χ1) is 7.15. The summed E-state index contributed by atoms with van der Waals surface area (Å²) in [5.74, 6) is -5.96. The summed E-state index contributed by atoms with van der Waals surface area (Å²) in [5.41, 5.74) is 0. The Kier molecular flexibility index (Phi) is 4.02. The number of alkyl halides is 9. The zero-order chi connectivity index (χ0) is 14.3. The van der Waals surface area contributed by atoms with E-state index in [9.17, 15) is 44.3 Å². The third-order valence-corrected chi connectivity index (χ3v) is 1.46. The maximum atomic E-state index is 12.6. The number of hydrogen-bond acceptors (Lipinski definition) is 2. The molecular weight excluding hydrogens is 298 g/mol. The van der Waals surface area contributed by atoms with E-state index in [-0.39, 0.29) is 0 Å². The fourth-order valence-electron chi connectivity index (χ4n) is 0.444. The monoisotopic (exact) mass is 298 g/mol. The summed E-state index contributed by atoms with van der Waals surface area (Å²) in [6, 6.07) is 0. The zero-order valence-corrected chi connectivity index (χ0v) is 7.85. The van der Waals surface area contributed by atoms with Gasteiger partial charge in [-0.1, -0.05) is 0 Å². The molecule has 0 aliphatic heterocycles. The molecule has 2 nitrogen and oxygen atoms in total. The van der Waals surface area contributed by atoms with E-state index in [0.29, 0.717) is 0 Å². The summed E-state index contributed by atoms with van der Waals surface area (Å²) in [7, 11) is 0. The summed E-state index contributed by atoms with van der Waals surface area (Å²) in [4.78, 5) is 9.96. The number of halogens is 10. The molecule has 0 spiro atoms. The highest BCUT2D eigenvalue weighted by Gasteiger charge is 2.72. The van der Waals surface area contributed by atoms with Gasteiger partial charge >= 0.3 is 24.3 Å². The normalized spacial score (nSPS) is 17.8. The maximum Gasteiger partial charge on any atom is 0.483 e. The van der Waals surface area contributed by atoms with Gasteiger partial charge in [-0.05, 0) is 11.6 Å². The van der Waals surface area contributed by atoms with Gasteiger partial charge in [0.1, 0.15) is 0 Å². The topological polar surface area (TPSA) is 26.3 Å². The van der Waals surface area contributed by atoms with Crippen LogP contribution in [0, 0.1) is 0 Å². The molecule has 0 aromatic heterocycles. The quantitative estimate of drug-likeness (QED) is 0.591. The van der Waals surface area contributed by atoms with Gasteiger partial charge in [0.25, 0.3) is 5.24 Å². The van der Waals surface area contributed by atoms with Crippen LogP contribution in [0.4, 0.5) is 39.5 Å². The van der Waals surface area contributed by atoms with E-state index in [2.05, 4.69) is 11.6 Å². The number of carbonyl (C=O) groups is 1. The first-order valence-corrected chi connectivity index (χ1v) is 3.63. The minimum Gasteiger partial charge on any atom is -0.274 e. The lowest BCUT2D eigenvalue weighted by Crippen LogP contribution is -2.56. The Morgan fingerprint density at radius 1 is 0.824 bits per heavy atom. The summed E-state index contributed by atoms with van der Waals surface area (Å²) < 4.78 is 108. The van der Waals surface area contributed by atoms with Crippen LogP contribution in [-0.4, -0.2) is 29.6 Å². The van der Waals surface area contributed by atoms with Crippen LogP contribution in [-0.2, 0) is 9.53 Å². The molecule has 0 amide bonds. The van der Waals surface area contributed by atoms with Crippen LogP contribution in [0.2, 0.25) is 0 Å². The lowest BCUT2D eigenvalue weighted by molar-refractivity contribution is -0.457. The molecule has 102 valence electrons. The van der Waals surface area contributed by atoms with E-state index in [1.165, 1.54) is 0 Å². The van der Waals surface area contributed by atoms with Crippen molar-refractivity contribution in [1.82, 2.24) is 0 Å². The van der Waals surface area contributed by atoms with Crippen molar-refractivity contribution < 1.29 is 49.0 Å². The first-order valence-electron chi connectivity index (χ1n) is 3.25. The second-order valence-corrected chi connectivity index (χ2v) is 2.83. The van der Waals surface area contributed by atoms with Crippen LogP contribution < -0.4 is 0 Å². The van der Waals surface area contributed by atoms with Crippen molar-refractivity contribution in [1.29, 1.82) is 0 Å². The molecule has 0 aromatic rings. The summed E-state index contributed by atoms with van der Waals surface area (Å²) in [6.07, 6.45) is -19.7. The van der Waals surface area contributed by atoms with Crippen LogP contribution >= 0.6 is 11.6 Å². The number of rotatable bonds is 3. The summed E-state index contributed by atoms with van der Waals surface area (Å²) in [5, 5.41) is -3.21. The van der Waals surface area contributed by atoms with Gasteiger partial charge in [0.2, 0.25) is 0 Å². The maximum absolute atomic E-state index is 12.6. The molecule has 12 heteroatoms. The minimum atomic E-state index is -6.65. The van der Waals surface area contributed by atoms with Gasteiger partial charge in [0.15, 0.2) is 0 Å². The van der Waals surface area contributed by atoms with Crippen molar-refractivity contribution >= 4 is 16.8 Å². The molecule has 0 heterocycles. The van der Waals surface area contributed by atoms with E-state index in [0.717, 1.165) is 0 Å². The second-order valence-electron chi connectivity index (χ2n) is 2.48. The lowest BCUT2D eigenvalue weighted by atomic mass is 10.3. The van der Waals surface area contributed by atoms with Crippen molar-refractivity contribution in [2.75, 3.05) is 0 Å². The van der Waals surface area contributed by atoms with Crippen LogP contribution in [0.1, 0.15) is 0 Å². The Bertz CT molecular complexity index is 307. The van der Waals surface area contributed by atoms with E-state index in [1.54, 1.807) is 0 Å². The molecule has 0 rings (SSSR count). The minimum absolute atomic E-state index is 1.88. The number of ether oxygens (including phenoxy) is 1. The molecule has 0 aliphatic rings. The van der Waals surface area contributed by atoms with Crippen LogP contribution in [0.3, 0.4) is 0 Å². The highest BCUT2D eigenvalue weighted by atomic mass is 35.5. The number of hydrogen-bond donors (Lipinski definition) is 0. The molecule has 0 saturated carbocycles. The molecule has 0 aliphatic carbocycles. The molecule has 0 N–H and O–H groups in total. The Morgan fingerprint density at radius 3 is 1.35 bits per heavy atom. The van der Waals surface area contributed by atoms with Crippen molar-refractivity contribution in [3.8, 4) is 0 Å². The molecule has 0 saturated heterocycles. The van der Waals surface area contributed by atoms with E-state index >= 15 is 0 Å². The van der Waals surface area contributed by atoms with Crippen LogP contribution in [0.5, 0.6) is 0 Å². The van der Waals surface area contributed by atoms with Crippen LogP contribution in [0.25, 0.3) is 0 Å². The highest BCUT2D eigenvalue weighted by Crippen LogP contribution is 2.46. The zero-order valence-electron chi connectivity index (χ0n) is 7.10. The average Bonchev–Trinajstić information content (AvgIpc) is 1.98. The van der Waals surface area contributed by atoms with Gasteiger partial charge in [0.05, 0.1) is 0 Å². The fourth-order valence-corrected chi connectivity index (χ4v) is 0.590. The van der Waals surface area contributed by atoms with Gasteiger partial charge in [-0.2, -0.15) is 39.5 Å². The molecule has 0 aromatic carbocycles. The van der Waals surface area contributed by atoms with Gasteiger partial charge in [0, 0.05) is 0 Å². The Labute approximate surface area is 91.3 Å². The molecule has 1 unspecified atom stereocenters. The van der Waals surface area contributed by atoms with Crippen molar-refractivity contribution in [3.05, 3.63) is 0 Å². The van der Waals surface area contributed by atoms with Gasteiger partial charge < -0.3 is 0 Å². The SMILES string of the molecule is O=C(Cl)C(F)(OC(F)(F)C(F)(F)F)C(F)(F)F. The largest absolute Gasteiger partial charge is 0.483 e. The lowest BCUT2D eigenvalue weighted by Gasteiger charge is -2.29. The number of carbonyl (C=O) groups excluding carboxylic acids is 1. The predicted octanol–water partition coefficient (Wildman–Crippen LogP) is 3.15. The third kappa shape index (κ3) is 3.15. The Morgan fingerprint density at radius 2 is 1.18 bits per heavy atom. The summed E-state index contributed by atoms with van der Waals surface area (Å²) >= 11 is 3.97. The van der Waals surface area contributed by atoms with E-state index in [1.807, 2.05) is 4.74 Å². The highest BCUT2D eigenvalue weighted by molar-refractivity contribution is 6.65. The molecule has 0 bridgehead atoms. The fraction of sp³-hybridized carbons (Fsp3) is 0.800.